The maximum absolute atomic E-state index is 11.7. The van der Waals surface area contributed by atoms with E-state index in [1.165, 1.54) is 27.7 Å². The molecule has 1 aliphatic rings. The van der Waals surface area contributed by atoms with E-state index >= 15 is 0 Å². The Morgan fingerprint density at radius 3 is 1.83 bits per heavy atom. The quantitative estimate of drug-likeness (QED) is 0.270. The van der Waals surface area contributed by atoms with Crippen LogP contribution in [0.3, 0.4) is 0 Å². The van der Waals surface area contributed by atoms with E-state index < -0.39 is 54.6 Å². The topological polar surface area (TPSA) is 124 Å². The minimum atomic E-state index is -1.20. The fourth-order valence-electron chi connectivity index (χ4n) is 3.05. The zero-order chi connectivity index (χ0) is 22.7. The molecule has 0 saturated carbocycles. The molecule has 1 saturated heterocycles. The number of carbonyl (C=O) groups is 4. The molecule has 0 aromatic heterocycles. The largest absolute Gasteiger partial charge is 0.463 e. The second kappa shape index (κ2) is 13.2. The molecular weight excluding hydrogens is 400 g/mol. The third-order valence-corrected chi connectivity index (χ3v) is 4.23. The number of ether oxygens (including phenoxy) is 6. The maximum Gasteiger partial charge on any atom is 0.303 e. The van der Waals surface area contributed by atoms with Crippen molar-refractivity contribution >= 4 is 23.9 Å². The lowest BCUT2D eigenvalue weighted by molar-refractivity contribution is -0.308. The summed E-state index contributed by atoms with van der Waals surface area (Å²) in [4.78, 5) is 46.3. The standard InChI is InChI=1S/C20H32O10/c1-6-7-8-9-10-25-20-19(29-15(5)24)18(28-14(4)23)17(27-13(3)22)16(30-20)11-26-12(2)21/h16-20H,6-11H2,1-5H3/t16-,17-,18+,19-,20-/m1/s1. The predicted octanol–water partition coefficient (Wildman–Crippen LogP) is 1.67. The van der Waals surface area contributed by atoms with Crippen LogP contribution in [0, 0.1) is 0 Å². The summed E-state index contributed by atoms with van der Waals surface area (Å²) in [6.07, 6.45) is -1.85. The van der Waals surface area contributed by atoms with E-state index in [0.717, 1.165) is 25.7 Å². The van der Waals surface area contributed by atoms with Gasteiger partial charge in [0.1, 0.15) is 12.7 Å². The van der Waals surface area contributed by atoms with Gasteiger partial charge in [0.05, 0.1) is 0 Å². The van der Waals surface area contributed by atoms with Gasteiger partial charge in [-0.15, -0.1) is 0 Å². The van der Waals surface area contributed by atoms with Crippen molar-refractivity contribution in [3.05, 3.63) is 0 Å². The second-order valence-corrected chi connectivity index (χ2v) is 7.00. The van der Waals surface area contributed by atoms with E-state index in [0.29, 0.717) is 6.61 Å². The van der Waals surface area contributed by atoms with Gasteiger partial charge in [0, 0.05) is 34.3 Å². The maximum atomic E-state index is 11.7. The van der Waals surface area contributed by atoms with Crippen molar-refractivity contribution in [2.75, 3.05) is 13.2 Å². The third kappa shape index (κ3) is 9.08. The van der Waals surface area contributed by atoms with Crippen molar-refractivity contribution in [3.63, 3.8) is 0 Å². The first-order valence-electron chi connectivity index (χ1n) is 10.1. The normalized spacial score (nSPS) is 25.8. The van der Waals surface area contributed by atoms with Gasteiger partial charge in [-0.3, -0.25) is 19.2 Å². The number of hydrogen-bond acceptors (Lipinski definition) is 10. The molecule has 0 amide bonds. The van der Waals surface area contributed by atoms with E-state index in [4.69, 9.17) is 28.4 Å². The summed E-state index contributed by atoms with van der Waals surface area (Å²) in [5, 5.41) is 0. The Balaban J connectivity index is 3.13. The average Bonchev–Trinajstić information content (AvgIpc) is 2.63. The summed E-state index contributed by atoms with van der Waals surface area (Å²) >= 11 is 0. The summed E-state index contributed by atoms with van der Waals surface area (Å²) in [6.45, 7) is 6.88. The van der Waals surface area contributed by atoms with Crippen LogP contribution >= 0.6 is 0 Å². The number of carbonyl (C=O) groups excluding carboxylic acids is 4. The Bertz CT molecular complexity index is 590. The van der Waals surface area contributed by atoms with Gasteiger partial charge in [0.25, 0.3) is 0 Å². The fourth-order valence-corrected chi connectivity index (χ4v) is 3.05. The lowest BCUT2D eigenvalue weighted by Gasteiger charge is -2.44. The molecule has 10 nitrogen and oxygen atoms in total. The van der Waals surface area contributed by atoms with Gasteiger partial charge in [-0.25, -0.2) is 0 Å². The minimum absolute atomic E-state index is 0.270. The average molecular weight is 432 g/mol. The first kappa shape index (κ1) is 25.8. The Kier molecular flexibility index (Phi) is 11.3. The van der Waals surface area contributed by atoms with Crippen LogP contribution in [-0.2, 0) is 47.6 Å². The highest BCUT2D eigenvalue weighted by Gasteiger charge is 2.52. The molecule has 1 aliphatic heterocycles. The van der Waals surface area contributed by atoms with E-state index in [-0.39, 0.29) is 6.61 Å². The van der Waals surface area contributed by atoms with Crippen molar-refractivity contribution in [1.29, 1.82) is 0 Å². The van der Waals surface area contributed by atoms with Crippen molar-refractivity contribution in [2.24, 2.45) is 0 Å². The van der Waals surface area contributed by atoms with Crippen LogP contribution in [0.25, 0.3) is 0 Å². The molecule has 0 bridgehead atoms. The van der Waals surface area contributed by atoms with Crippen molar-refractivity contribution in [2.45, 2.75) is 91.0 Å². The van der Waals surface area contributed by atoms with Crippen molar-refractivity contribution in [1.82, 2.24) is 0 Å². The zero-order valence-corrected chi connectivity index (χ0v) is 18.2. The molecule has 10 heteroatoms. The number of hydrogen-bond donors (Lipinski definition) is 0. The Labute approximate surface area is 176 Å². The Hall–Kier alpha value is -2.20. The van der Waals surface area contributed by atoms with E-state index in [2.05, 4.69) is 6.92 Å². The Morgan fingerprint density at radius 1 is 0.733 bits per heavy atom. The van der Waals surface area contributed by atoms with Gasteiger partial charge in [-0.2, -0.15) is 0 Å². The summed E-state index contributed by atoms with van der Waals surface area (Å²) < 4.78 is 32.6. The summed E-state index contributed by atoms with van der Waals surface area (Å²) in [5.41, 5.74) is 0. The smallest absolute Gasteiger partial charge is 0.303 e. The molecule has 5 atom stereocenters. The molecule has 0 aromatic rings. The third-order valence-electron chi connectivity index (χ3n) is 4.23. The molecule has 0 aromatic carbocycles. The second-order valence-electron chi connectivity index (χ2n) is 7.00. The first-order chi connectivity index (χ1) is 14.1. The van der Waals surface area contributed by atoms with Gasteiger partial charge in [0.2, 0.25) is 0 Å². The van der Waals surface area contributed by atoms with Crippen LogP contribution in [0.5, 0.6) is 0 Å². The SMILES string of the molecule is CCCCCCO[C@@H]1O[C@H](COC(C)=O)[C@@H](OC(C)=O)[C@H](OC(C)=O)[C@H]1OC(C)=O. The molecule has 0 radical (unpaired) electrons. The monoisotopic (exact) mass is 432 g/mol. The highest BCUT2D eigenvalue weighted by Crippen LogP contribution is 2.30. The van der Waals surface area contributed by atoms with Gasteiger partial charge in [0.15, 0.2) is 24.6 Å². The first-order valence-corrected chi connectivity index (χ1v) is 10.1. The van der Waals surface area contributed by atoms with Crippen LogP contribution in [0.1, 0.15) is 60.3 Å². The zero-order valence-electron chi connectivity index (χ0n) is 18.2. The van der Waals surface area contributed by atoms with Crippen LogP contribution in [0.4, 0.5) is 0 Å². The van der Waals surface area contributed by atoms with E-state index in [1.54, 1.807) is 0 Å². The van der Waals surface area contributed by atoms with Gasteiger partial charge in [-0.05, 0) is 6.42 Å². The lowest BCUT2D eigenvalue weighted by atomic mass is 9.98. The molecule has 0 N–H and O–H groups in total. The van der Waals surface area contributed by atoms with Crippen LogP contribution in [-0.4, -0.2) is 67.8 Å². The molecule has 0 aliphatic carbocycles. The molecule has 1 fully saturated rings. The molecule has 0 spiro atoms. The Morgan fingerprint density at radius 2 is 1.30 bits per heavy atom. The summed E-state index contributed by atoms with van der Waals surface area (Å²) in [7, 11) is 0. The van der Waals surface area contributed by atoms with Crippen LogP contribution < -0.4 is 0 Å². The number of unbranched alkanes of at least 4 members (excludes halogenated alkanes) is 3. The summed E-state index contributed by atoms with van der Waals surface area (Å²) in [6, 6.07) is 0. The molecule has 30 heavy (non-hydrogen) atoms. The van der Waals surface area contributed by atoms with E-state index in [1.807, 2.05) is 0 Å². The molecule has 1 heterocycles. The number of esters is 4. The van der Waals surface area contributed by atoms with Crippen LogP contribution in [0.2, 0.25) is 0 Å². The summed E-state index contributed by atoms with van der Waals surface area (Å²) in [5.74, 6) is -2.57. The van der Waals surface area contributed by atoms with Gasteiger partial charge in [-0.1, -0.05) is 26.2 Å². The highest BCUT2D eigenvalue weighted by atomic mass is 16.7. The fraction of sp³-hybridized carbons (Fsp3) is 0.800. The van der Waals surface area contributed by atoms with E-state index in [9.17, 15) is 19.2 Å². The lowest BCUT2D eigenvalue weighted by Crippen LogP contribution is -2.63. The van der Waals surface area contributed by atoms with Crippen LogP contribution in [0.15, 0.2) is 0 Å². The van der Waals surface area contributed by atoms with Crippen molar-refractivity contribution < 1.29 is 47.6 Å². The number of rotatable bonds is 11. The minimum Gasteiger partial charge on any atom is -0.463 e. The highest BCUT2D eigenvalue weighted by molar-refractivity contribution is 5.68. The van der Waals surface area contributed by atoms with Gasteiger partial charge < -0.3 is 28.4 Å². The molecule has 1 rings (SSSR count). The molecule has 0 unspecified atom stereocenters. The predicted molar refractivity (Wildman–Crippen MR) is 102 cm³/mol. The molecular formula is C20H32O10. The van der Waals surface area contributed by atoms with Gasteiger partial charge >= 0.3 is 23.9 Å². The van der Waals surface area contributed by atoms with Crippen molar-refractivity contribution in [3.8, 4) is 0 Å². The molecule has 172 valence electrons.